The number of rotatable bonds is 4. The molecule has 2 fully saturated rings. The van der Waals surface area contributed by atoms with Crippen molar-refractivity contribution in [2.75, 3.05) is 19.8 Å². The summed E-state index contributed by atoms with van der Waals surface area (Å²) in [5.74, 6) is 0.189. The van der Waals surface area contributed by atoms with Gasteiger partial charge >= 0.3 is 0 Å². The van der Waals surface area contributed by atoms with Gasteiger partial charge in [0.05, 0.1) is 17.9 Å². The van der Waals surface area contributed by atoms with Crippen LogP contribution in [0.1, 0.15) is 37.3 Å². The zero-order chi connectivity index (χ0) is 18.1. The summed E-state index contributed by atoms with van der Waals surface area (Å²) >= 11 is 0. The van der Waals surface area contributed by atoms with Crippen molar-refractivity contribution in [2.45, 2.75) is 51.3 Å². The van der Waals surface area contributed by atoms with E-state index in [0.29, 0.717) is 19.3 Å². The maximum Gasteiger partial charge on any atom is 0.138 e. The lowest BCUT2D eigenvalue weighted by Crippen LogP contribution is -2.52. The van der Waals surface area contributed by atoms with E-state index in [0.717, 1.165) is 31.6 Å². The standard InChI is InChI=1S/C20H28N4O2/c1-15-10-16(5-6-18(15)24-14-21-13-22-24)11-23-8-3-4-19(23)17-12-26-9-7-20(17,2)25/h5-6,10,13-14,17,19,25H,3-4,7-9,11-12H2,1-2H3/t17-,19+,20+/m0/s1. The van der Waals surface area contributed by atoms with Crippen LogP contribution in [0.4, 0.5) is 0 Å². The van der Waals surface area contributed by atoms with Crippen molar-refractivity contribution in [3.63, 3.8) is 0 Å². The first kappa shape index (κ1) is 17.6. The van der Waals surface area contributed by atoms with Gasteiger partial charge in [-0.2, -0.15) is 5.10 Å². The van der Waals surface area contributed by atoms with Gasteiger partial charge in [-0.3, -0.25) is 4.90 Å². The molecule has 0 radical (unpaired) electrons. The monoisotopic (exact) mass is 356 g/mol. The van der Waals surface area contributed by atoms with Crippen LogP contribution in [-0.4, -0.2) is 56.2 Å². The second-order valence-corrected chi connectivity index (χ2v) is 7.93. The molecule has 140 valence electrons. The minimum atomic E-state index is -0.627. The van der Waals surface area contributed by atoms with E-state index in [1.165, 1.54) is 17.5 Å². The Bertz CT molecular complexity index is 744. The number of aromatic nitrogens is 3. The molecule has 2 aliphatic heterocycles. The largest absolute Gasteiger partial charge is 0.390 e. The van der Waals surface area contributed by atoms with E-state index in [9.17, 15) is 5.11 Å². The molecule has 0 spiro atoms. The number of aliphatic hydroxyl groups is 1. The van der Waals surface area contributed by atoms with Crippen LogP contribution in [0.2, 0.25) is 0 Å². The summed E-state index contributed by atoms with van der Waals surface area (Å²) in [4.78, 5) is 6.55. The Hall–Kier alpha value is -1.76. The van der Waals surface area contributed by atoms with E-state index in [4.69, 9.17) is 4.74 Å². The molecule has 0 aliphatic carbocycles. The minimum Gasteiger partial charge on any atom is -0.390 e. The van der Waals surface area contributed by atoms with Crippen LogP contribution >= 0.6 is 0 Å². The number of hydrogen-bond acceptors (Lipinski definition) is 5. The fraction of sp³-hybridized carbons (Fsp3) is 0.600. The van der Waals surface area contributed by atoms with E-state index < -0.39 is 5.60 Å². The molecule has 1 N–H and O–H groups in total. The Kier molecular flexibility index (Phi) is 4.82. The lowest BCUT2D eigenvalue weighted by molar-refractivity contribution is -0.123. The van der Waals surface area contributed by atoms with Gasteiger partial charge in [-0.1, -0.05) is 12.1 Å². The zero-order valence-electron chi connectivity index (χ0n) is 15.6. The molecule has 2 aromatic rings. The quantitative estimate of drug-likeness (QED) is 0.911. The molecule has 6 heteroatoms. The molecule has 6 nitrogen and oxygen atoms in total. The second-order valence-electron chi connectivity index (χ2n) is 7.93. The van der Waals surface area contributed by atoms with E-state index in [-0.39, 0.29) is 5.92 Å². The highest BCUT2D eigenvalue weighted by molar-refractivity contribution is 5.41. The van der Waals surface area contributed by atoms with E-state index in [2.05, 4.69) is 40.1 Å². The van der Waals surface area contributed by atoms with Crippen molar-refractivity contribution >= 4 is 0 Å². The van der Waals surface area contributed by atoms with Crippen LogP contribution in [0.15, 0.2) is 30.9 Å². The number of ether oxygens (including phenoxy) is 1. The molecule has 0 unspecified atom stereocenters. The smallest absolute Gasteiger partial charge is 0.138 e. The SMILES string of the molecule is Cc1cc(CN2CCC[C@@H]2[C@@H]2COCC[C@@]2(C)O)ccc1-n1cncn1. The molecule has 2 saturated heterocycles. The van der Waals surface area contributed by atoms with Gasteiger partial charge in [0.1, 0.15) is 12.7 Å². The van der Waals surface area contributed by atoms with Crippen molar-refractivity contribution in [3.8, 4) is 5.69 Å². The molecule has 0 amide bonds. The number of aryl methyl sites for hydroxylation is 1. The summed E-state index contributed by atoms with van der Waals surface area (Å²) in [7, 11) is 0. The lowest BCUT2D eigenvalue weighted by atomic mass is 9.79. The fourth-order valence-electron chi connectivity index (χ4n) is 4.52. The number of hydrogen-bond donors (Lipinski definition) is 1. The molecule has 4 rings (SSSR count). The third-order valence-corrected chi connectivity index (χ3v) is 6.04. The van der Waals surface area contributed by atoms with Crippen LogP contribution in [0.3, 0.4) is 0 Å². The Labute approximate surface area is 154 Å². The Morgan fingerprint density at radius 2 is 2.27 bits per heavy atom. The van der Waals surface area contributed by atoms with Crippen LogP contribution in [0, 0.1) is 12.8 Å². The predicted octanol–water partition coefficient (Wildman–Crippen LogP) is 2.33. The van der Waals surface area contributed by atoms with Gasteiger partial charge in [-0.05, 0) is 56.8 Å². The zero-order valence-corrected chi connectivity index (χ0v) is 15.6. The summed E-state index contributed by atoms with van der Waals surface area (Å²) in [5.41, 5.74) is 2.93. The molecule has 1 aromatic heterocycles. The average molecular weight is 356 g/mol. The maximum atomic E-state index is 10.8. The highest BCUT2D eigenvalue weighted by Gasteiger charge is 2.43. The van der Waals surface area contributed by atoms with Crippen molar-refractivity contribution in [1.29, 1.82) is 0 Å². The molecule has 3 atom stereocenters. The van der Waals surface area contributed by atoms with Crippen LogP contribution in [0.5, 0.6) is 0 Å². The van der Waals surface area contributed by atoms with Crippen LogP contribution in [-0.2, 0) is 11.3 Å². The molecular weight excluding hydrogens is 328 g/mol. The second kappa shape index (κ2) is 7.10. The van der Waals surface area contributed by atoms with Gasteiger partial charge in [0, 0.05) is 25.1 Å². The lowest BCUT2D eigenvalue weighted by Gasteiger charge is -2.43. The maximum absolute atomic E-state index is 10.8. The minimum absolute atomic E-state index is 0.189. The third-order valence-electron chi connectivity index (χ3n) is 6.04. The van der Waals surface area contributed by atoms with Gasteiger partial charge in [0.15, 0.2) is 0 Å². The molecule has 3 heterocycles. The van der Waals surface area contributed by atoms with Crippen molar-refractivity contribution < 1.29 is 9.84 Å². The average Bonchev–Trinajstić information content (AvgIpc) is 3.27. The third kappa shape index (κ3) is 3.41. The number of benzene rings is 1. The van der Waals surface area contributed by atoms with Gasteiger partial charge in [0.2, 0.25) is 0 Å². The topological polar surface area (TPSA) is 63.4 Å². The summed E-state index contributed by atoms with van der Waals surface area (Å²) in [5, 5.41) is 15.1. The highest BCUT2D eigenvalue weighted by Crippen LogP contribution is 2.36. The van der Waals surface area contributed by atoms with E-state index in [1.807, 2.05) is 6.92 Å². The number of nitrogens with zero attached hydrogens (tertiary/aromatic N) is 4. The summed E-state index contributed by atoms with van der Waals surface area (Å²) in [6, 6.07) is 6.92. The summed E-state index contributed by atoms with van der Waals surface area (Å²) in [6.45, 7) is 7.42. The Balaban J connectivity index is 1.50. The van der Waals surface area contributed by atoms with Gasteiger partial charge in [-0.15, -0.1) is 0 Å². The summed E-state index contributed by atoms with van der Waals surface area (Å²) in [6.07, 6.45) is 6.34. The molecule has 26 heavy (non-hydrogen) atoms. The molecule has 2 aliphatic rings. The van der Waals surface area contributed by atoms with Crippen molar-refractivity contribution in [1.82, 2.24) is 19.7 Å². The summed E-state index contributed by atoms with van der Waals surface area (Å²) < 4.78 is 7.50. The normalized spacial score (nSPS) is 30.0. The first-order chi connectivity index (χ1) is 12.5. The van der Waals surface area contributed by atoms with Gasteiger partial charge in [-0.25, -0.2) is 9.67 Å². The van der Waals surface area contributed by atoms with Crippen LogP contribution < -0.4 is 0 Å². The highest BCUT2D eigenvalue weighted by atomic mass is 16.5. The Morgan fingerprint density at radius 3 is 3.00 bits per heavy atom. The van der Waals surface area contributed by atoms with Crippen LogP contribution in [0.25, 0.3) is 5.69 Å². The van der Waals surface area contributed by atoms with Crippen molar-refractivity contribution in [3.05, 3.63) is 42.0 Å². The Morgan fingerprint density at radius 1 is 1.38 bits per heavy atom. The predicted molar refractivity (Wildman–Crippen MR) is 99.1 cm³/mol. The van der Waals surface area contributed by atoms with Crippen molar-refractivity contribution in [2.24, 2.45) is 5.92 Å². The fourth-order valence-corrected chi connectivity index (χ4v) is 4.52. The van der Waals surface area contributed by atoms with Gasteiger partial charge < -0.3 is 9.84 Å². The van der Waals surface area contributed by atoms with Gasteiger partial charge in [0.25, 0.3) is 0 Å². The number of likely N-dealkylation sites (tertiary alicyclic amines) is 1. The molecule has 0 bridgehead atoms. The first-order valence-corrected chi connectivity index (χ1v) is 9.53. The molecule has 0 saturated carbocycles. The van der Waals surface area contributed by atoms with E-state index >= 15 is 0 Å². The first-order valence-electron chi connectivity index (χ1n) is 9.53. The molecule has 1 aromatic carbocycles. The molecular formula is C20H28N4O2. The van der Waals surface area contributed by atoms with E-state index in [1.54, 1.807) is 17.3 Å².